The zero-order valence-electron chi connectivity index (χ0n) is 23.7. The van der Waals surface area contributed by atoms with Crippen LogP contribution in [-0.2, 0) is 80.8 Å². The Hall–Kier alpha value is 4.02. The average Bonchev–Trinajstić information content (AvgIpc) is 2.83. The third-order valence-corrected chi connectivity index (χ3v) is 6.04. The molecule has 0 aromatic rings. The van der Waals surface area contributed by atoms with Crippen molar-refractivity contribution in [1.29, 1.82) is 0 Å². The molecule has 2 fully saturated rings. The molecule has 0 aromatic carbocycles. The van der Waals surface area contributed by atoms with Gasteiger partial charge in [-0.2, -0.15) is 0 Å². The number of hydrogen-bond acceptors (Lipinski definition) is 8. The molecule has 2 saturated carbocycles. The number of alkyl halides is 4. The summed E-state index contributed by atoms with van der Waals surface area (Å²) in [6.07, 6.45) is 11.1. The molecule has 0 saturated heterocycles. The molecule has 0 N–H and O–H groups in total. The van der Waals surface area contributed by atoms with Crippen LogP contribution in [0.3, 0.4) is 0 Å². The van der Waals surface area contributed by atoms with Gasteiger partial charge in [0.05, 0.1) is 10.7 Å². The molecule has 2 aliphatic carbocycles. The molecule has 0 amide bonds. The minimum absolute atomic E-state index is 0. The maximum absolute atomic E-state index is 4.76. The normalized spacial score (nSPS) is 21.2. The second kappa shape index (κ2) is 45.4. The second-order valence-electron chi connectivity index (χ2n) is 8.89. The van der Waals surface area contributed by atoms with E-state index in [-0.39, 0.29) is 69.6 Å². The Kier molecular flexibility index (Phi) is 73.1. The van der Waals surface area contributed by atoms with Crippen LogP contribution in [0.5, 0.6) is 0 Å². The quantitative estimate of drug-likeness (QED) is 0.164. The molecule has 4 nitrogen and oxygen atoms in total. The SMILES string of the molecule is CN(C)[C@@H]1CCCC[C@H]1N(C)C.CN(C)[C@@H]1CCCC[C@H]1N(C)C.ClCCl.ClCCl.[Cl-].[Cl-].[Cu].[Cu].[S-][S-].[S-][S-]. The molecule has 0 unspecified atom stereocenters. The van der Waals surface area contributed by atoms with Gasteiger partial charge in [-0.3, -0.25) is 0 Å². The summed E-state index contributed by atoms with van der Waals surface area (Å²) in [5.41, 5.74) is 0. The smallest absolute Gasteiger partial charge is 0.0967 e. The van der Waals surface area contributed by atoms with E-state index in [2.05, 4.69) is 123 Å². The summed E-state index contributed by atoms with van der Waals surface area (Å²) in [7, 11) is 17.6. The van der Waals surface area contributed by atoms with Gasteiger partial charge in [-0.1, -0.05) is 25.7 Å². The van der Waals surface area contributed by atoms with E-state index in [9.17, 15) is 0 Å². The fraction of sp³-hybridized carbons (Fsp3) is 1.00. The Morgan fingerprint density at radius 1 is 0.447 bits per heavy atom. The number of rotatable bonds is 4. The topological polar surface area (TPSA) is 13.0 Å². The van der Waals surface area contributed by atoms with E-state index in [0.717, 1.165) is 24.2 Å². The molecule has 0 heterocycles. The number of likely N-dealkylation sites (N-methyl/N-ethyl adjacent to an activating group) is 4. The summed E-state index contributed by atoms with van der Waals surface area (Å²) in [4.78, 5) is 9.52. The van der Waals surface area contributed by atoms with Crippen LogP contribution in [-0.4, -0.2) is 111 Å². The van der Waals surface area contributed by atoms with Gasteiger partial charge >= 0.3 is 0 Å². The molecule has 0 bridgehead atoms. The third-order valence-electron chi connectivity index (χ3n) is 6.04. The summed E-state index contributed by atoms with van der Waals surface area (Å²) in [5.74, 6) is 0. The van der Waals surface area contributed by atoms with Crippen molar-refractivity contribution in [3.63, 3.8) is 0 Å². The van der Waals surface area contributed by atoms with Gasteiger partial charge in [-0.25, -0.2) is 0 Å². The molecule has 2 rings (SSSR count). The maximum Gasteiger partial charge on any atom is 0.0967 e. The zero-order chi connectivity index (χ0) is 27.7. The largest absolute Gasteiger partial charge is 1.00 e. The van der Waals surface area contributed by atoms with E-state index >= 15 is 0 Å². The van der Waals surface area contributed by atoms with Crippen molar-refractivity contribution in [2.24, 2.45) is 0 Å². The molecule has 0 aliphatic heterocycles. The van der Waals surface area contributed by atoms with Crippen molar-refractivity contribution in [2.45, 2.75) is 75.5 Å². The van der Waals surface area contributed by atoms with Crippen molar-refractivity contribution in [2.75, 3.05) is 67.1 Å². The monoisotopic (exact) mass is 832 g/mol. The van der Waals surface area contributed by atoms with Crippen LogP contribution in [0.25, 0.3) is 0 Å². The summed E-state index contributed by atoms with van der Waals surface area (Å²) in [6.45, 7) is 0. The molecular formula is C22H48Cl6Cu2N4S4-6. The predicted molar refractivity (Wildman–Crippen MR) is 169 cm³/mol. The van der Waals surface area contributed by atoms with Crippen LogP contribution < -0.4 is 24.8 Å². The van der Waals surface area contributed by atoms with Gasteiger partial charge in [0.25, 0.3) is 0 Å². The van der Waals surface area contributed by atoms with E-state index in [1.165, 1.54) is 51.4 Å². The van der Waals surface area contributed by atoms with E-state index < -0.39 is 0 Å². The molecule has 0 spiro atoms. The van der Waals surface area contributed by atoms with Gasteiger partial charge < -0.3 is 91.1 Å². The van der Waals surface area contributed by atoms with E-state index in [4.69, 9.17) is 46.4 Å². The van der Waals surface area contributed by atoms with Crippen LogP contribution in [0.2, 0.25) is 0 Å². The summed E-state index contributed by atoms with van der Waals surface area (Å²) < 4.78 is 0. The predicted octanol–water partition coefficient (Wildman–Crippen LogP) is -0.322. The van der Waals surface area contributed by atoms with Crippen molar-refractivity contribution < 1.29 is 59.0 Å². The van der Waals surface area contributed by atoms with E-state index in [1.807, 2.05) is 0 Å². The first-order valence-corrected chi connectivity index (χ1v) is 16.1. The Balaban J connectivity index is -0.0000000546. The minimum Gasteiger partial charge on any atom is -1.00 e. The third kappa shape index (κ3) is 34.5. The summed E-state index contributed by atoms with van der Waals surface area (Å²) >= 11 is 33.7. The number of hydrogen-bond donors (Lipinski definition) is 0. The first-order valence-electron chi connectivity index (χ1n) is 11.3. The maximum atomic E-state index is 4.76. The summed E-state index contributed by atoms with van der Waals surface area (Å²) in [6, 6.07) is 3.09. The van der Waals surface area contributed by atoms with Gasteiger partial charge in [-0.15, -0.1) is 46.4 Å². The van der Waals surface area contributed by atoms with Crippen LogP contribution in [0.4, 0.5) is 0 Å². The van der Waals surface area contributed by atoms with Gasteiger partial charge in [0.15, 0.2) is 0 Å². The number of halogens is 6. The molecular weight excluding hydrogens is 788 g/mol. The standard InChI is InChI=1S/2C10H22N2.2CH2Cl2.2ClH.2Cu.2S2/c2*1-11(2)9-7-5-6-8-10(9)12(3)4;2*2-1-3;;;;;2*1-2/h2*9-10H,5-8H2,1-4H3;2*1H2;2*1H;;;;/q;;;;;;;;2*-2/p-2/t2*9-,10-;;;;;;;;/m11......../s1. The first kappa shape index (κ1) is 61.1. The van der Waals surface area contributed by atoms with Crippen molar-refractivity contribution in [3.05, 3.63) is 0 Å². The van der Waals surface area contributed by atoms with Crippen LogP contribution in [0.15, 0.2) is 0 Å². The van der Waals surface area contributed by atoms with Crippen LogP contribution >= 0.6 is 46.4 Å². The van der Waals surface area contributed by atoms with E-state index in [0.29, 0.717) is 0 Å². The average molecular weight is 837 g/mol. The van der Waals surface area contributed by atoms with E-state index in [1.54, 1.807) is 0 Å². The van der Waals surface area contributed by atoms with Gasteiger partial charge in [0.1, 0.15) is 0 Å². The molecule has 2 aliphatic rings. The second-order valence-corrected chi connectivity index (χ2v) is 10.5. The minimum atomic E-state index is 0. The van der Waals surface area contributed by atoms with Gasteiger partial charge in [0, 0.05) is 58.3 Å². The van der Waals surface area contributed by atoms with Crippen molar-refractivity contribution >= 4 is 93.0 Å². The molecule has 16 heteroatoms. The summed E-state index contributed by atoms with van der Waals surface area (Å²) in [5, 5.41) is 0.389. The fourth-order valence-corrected chi connectivity index (χ4v) is 4.59. The van der Waals surface area contributed by atoms with Crippen LogP contribution in [0.1, 0.15) is 51.4 Å². The molecule has 38 heavy (non-hydrogen) atoms. The molecule has 250 valence electrons. The molecule has 2 radical (unpaired) electrons. The number of nitrogens with zero attached hydrogens (tertiary/aromatic N) is 4. The van der Waals surface area contributed by atoms with Gasteiger partial charge in [0.2, 0.25) is 0 Å². The zero-order valence-corrected chi connectivity index (χ0v) is 33.4. The Labute approximate surface area is 311 Å². The molecule has 0 aromatic heterocycles. The Bertz CT molecular complexity index is 340. The van der Waals surface area contributed by atoms with Gasteiger partial charge in [-0.05, 0) is 82.1 Å². The first-order chi connectivity index (χ1) is 16.1. The fourth-order valence-electron chi connectivity index (χ4n) is 4.59. The Morgan fingerprint density at radius 2 is 0.553 bits per heavy atom. The molecule has 4 atom stereocenters. The Morgan fingerprint density at radius 3 is 0.632 bits per heavy atom. The van der Waals surface area contributed by atoms with Crippen LogP contribution in [0, 0.1) is 0 Å². The van der Waals surface area contributed by atoms with Crippen molar-refractivity contribution in [1.82, 2.24) is 19.6 Å². The van der Waals surface area contributed by atoms with Crippen molar-refractivity contribution in [3.8, 4) is 0 Å².